The molecule has 1 aliphatic rings. The topological polar surface area (TPSA) is 33.2 Å². The molecule has 70 valence electrons. The predicted octanol–water partition coefficient (Wildman–Crippen LogP) is 1.55. The minimum absolute atomic E-state index is 0.172. The van der Waals surface area contributed by atoms with Gasteiger partial charge in [-0.05, 0) is 12.8 Å². The number of aryl methyl sites for hydroxylation is 1. The van der Waals surface area contributed by atoms with E-state index in [0.29, 0.717) is 0 Å². The SMILES string of the molecule is CCc1ncsc1C(=O)N1CCC1. The van der Waals surface area contributed by atoms with Gasteiger partial charge in [-0.25, -0.2) is 4.98 Å². The van der Waals surface area contributed by atoms with Crippen LogP contribution < -0.4 is 0 Å². The van der Waals surface area contributed by atoms with Crippen LogP contribution in [0.5, 0.6) is 0 Å². The summed E-state index contributed by atoms with van der Waals surface area (Å²) in [7, 11) is 0. The molecule has 3 nitrogen and oxygen atoms in total. The van der Waals surface area contributed by atoms with Crippen LogP contribution in [0.2, 0.25) is 0 Å². The molecule has 1 fully saturated rings. The lowest BCUT2D eigenvalue weighted by molar-refractivity contribution is 0.0655. The molecule has 0 radical (unpaired) electrons. The molecule has 1 aromatic rings. The maximum atomic E-state index is 11.8. The van der Waals surface area contributed by atoms with Crippen molar-refractivity contribution in [3.63, 3.8) is 0 Å². The average Bonchev–Trinajstić information content (AvgIpc) is 2.47. The van der Waals surface area contributed by atoms with Crippen molar-refractivity contribution in [2.45, 2.75) is 19.8 Å². The third-order valence-electron chi connectivity index (χ3n) is 2.31. The van der Waals surface area contributed by atoms with Gasteiger partial charge < -0.3 is 4.90 Å². The van der Waals surface area contributed by atoms with Gasteiger partial charge in [-0.3, -0.25) is 4.79 Å². The van der Waals surface area contributed by atoms with Crippen LogP contribution in [0.4, 0.5) is 0 Å². The highest BCUT2D eigenvalue weighted by Crippen LogP contribution is 2.19. The Kier molecular flexibility index (Phi) is 2.31. The summed E-state index contributed by atoms with van der Waals surface area (Å²) in [5, 5.41) is 0. The van der Waals surface area contributed by atoms with Crippen molar-refractivity contribution >= 4 is 17.2 Å². The Morgan fingerprint density at radius 1 is 1.69 bits per heavy atom. The maximum absolute atomic E-state index is 11.8. The second-order valence-corrected chi connectivity index (χ2v) is 3.98. The first-order chi connectivity index (χ1) is 6.33. The number of hydrogen-bond acceptors (Lipinski definition) is 3. The van der Waals surface area contributed by atoms with Gasteiger partial charge in [-0.1, -0.05) is 6.92 Å². The molecule has 2 rings (SSSR count). The van der Waals surface area contributed by atoms with E-state index in [-0.39, 0.29) is 5.91 Å². The number of carbonyl (C=O) groups is 1. The van der Waals surface area contributed by atoms with Gasteiger partial charge in [-0.2, -0.15) is 0 Å². The number of hydrogen-bond donors (Lipinski definition) is 0. The highest BCUT2D eigenvalue weighted by Gasteiger charge is 2.24. The first-order valence-corrected chi connectivity index (χ1v) is 5.42. The zero-order valence-corrected chi connectivity index (χ0v) is 8.43. The summed E-state index contributed by atoms with van der Waals surface area (Å²) in [5.74, 6) is 0.172. The molecule has 0 atom stereocenters. The van der Waals surface area contributed by atoms with Crippen molar-refractivity contribution in [1.29, 1.82) is 0 Å². The van der Waals surface area contributed by atoms with E-state index in [1.807, 2.05) is 11.8 Å². The summed E-state index contributed by atoms with van der Waals surface area (Å²) in [6.45, 7) is 3.86. The molecule has 13 heavy (non-hydrogen) atoms. The number of rotatable bonds is 2. The summed E-state index contributed by atoms with van der Waals surface area (Å²) in [6, 6.07) is 0. The second-order valence-electron chi connectivity index (χ2n) is 3.13. The zero-order chi connectivity index (χ0) is 9.26. The molecule has 0 spiro atoms. The van der Waals surface area contributed by atoms with Gasteiger partial charge in [0.2, 0.25) is 0 Å². The molecule has 1 amide bonds. The van der Waals surface area contributed by atoms with Gasteiger partial charge in [0.15, 0.2) is 0 Å². The third kappa shape index (κ3) is 1.46. The normalized spacial score (nSPS) is 15.6. The van der Waals surface area contributed by atoms with E-state index in [2.05, 4.69) is 4.98 Å². The smallest absolute Gasteiger partial charge is 0.265 e. The molecule has 0 bridgehead atoms. The lowest BCUT2D eigenvalue weighted by Gasteiger charge is -2.30. The first kappa shape index (κ1) is 8.69. The van der Waals surface area contributed by atoms with E-state index in [0.717, 1.165) is 36.5 Å². The van der Waals surface area contributed by atoms with Gasteiger partial charge in [-0.15, -0.1) is 11.3 Å². The number of likely N-dealkylation sites (tertiary alicyclic amines) is 1. The van der Waals surface area contributed by atoms with Crippen LogP contribution in [0.3, 0.4) is 0 Å². The minimum Gasteiger partial charge on any atom is -0.338 e. The number of nitrogens with zero attached hydrogens (tertiary/aromatic N) is 2. The largest absolute Gasteiger partial charge is 0.338 e. The summed E-state index contributed by atoms with van der Waals surface area (Å²) < 4.78 is 0. The van der Waals surface area contributed by atoms with Crippen molar-refractivity contribution < 1.29 is 4.79 Å². The molecule has 0 aliphatic carbocycles. The Hall–Kier alpha value is -0.900. The van der Waals surface area contributed by atoms with Crippen molar-refractivity contribution in [3.05, 3.63) is 16.1 Å². The molecule has 2 heterocycles. The number of amides is 1. The highest BCUT2D eigenvalue weighted by molar-refractivity contribution is 7.11. The van der Waals surface area contributed by atoms with Crippen LogP contribution in [0.15, 0.2) is 5.51 Å². The monoisotopic (exact) mass is 196 g/mol. The number of aromatic nitrogens is 1. The minimum atomic E-state index is 0.172. The highest BCUT2D eigenvalue weighted by atomic mass is 32.1. The van der Waals surface area contributed by atoms with E-state index >= 15 is 0 Å². The van der Waals surface area contributed by atoms with E-state index in [1.165, 1.54) is 11.3 Å². The summed E-state index contributed by atoms with van der Waals surface area (Å²) >= 11 is 1.46. The first-order valence-electron chi connectivity index (χ1n) is 4.54. The fraction of sp³-hybridized carbons (Fsp3) is 0.556. The lowest BCUT2D eigenvalue weighted by atomic mass is 10.2. The quantitative estimate of drug-likeness (QED) is 0.719. The van der Waals surface area contributed by atoms with E-state index in [9.17, 15) is 4.79 Å². The molecule has 4 heteroatoms. The summed E-state index contributed by atoms with van der Waals surface area (Å²) in [4.78, 5) is 18.6. The van der Waals surface area contributed by atoms with Crippen molar-refractivity contribution in [1.82, 2.24) is 9.88 Å². The molecule has 0 saturated carbocycles. The fourth-order valence-corrected chi connectivity index (χ4v) is 2.21. The average molecular weight is 196 g/mol. The van der Waals surface area contributed by atoms with Gasteiger partial charge >= 0.3 is 0 Å². The Morgan fingerprint density at radius 3 is 3.00 bits per heavy atom. The number of carbonyl (C=O) groups excluding carboxylic acids is 1. The Labute approximate surface area is 81.4 Å². The van der Waals surface area contributed by atoms with Gasteiger partial charge in [0.05, 0.1) is 11.2 Å². The van der Waals surface area contributed by atoms with E-state index < -0.39 is 0 Å². The fourth-order valence-electron chi connectivity index (χ4n) is 1.36. The Bertz CT molecular complexity index is 317. The predicted molar refractivity (Wildman–Crippen MR) is 52.0 cm³/mol. The molecule has 0 unspecified atom stereocenters. The zero-order valence-electron chi connectivity index (χ0n) is 7.62. The molecular weight excluding hydrogens is 184 g/mol. The molecular formula is C9H12N2OS. The van der Waals surface area contributed by atoms with Crippen LogP contribution in [0.1, 0.15) is 28.7 Å². The molecule has 1 aliphatic heterocycles. The summed E-state index contributed by atoms with van der Waals surface area (Å²) in [6.07, 6.45) is 1.99. The Morgan fingerprint density at radius 2 is 2.46 bits per heavy atom. The van der Waals surface area contributed by atoms with Crippen molar-refractivity contribution in [2.75, 3.05) is 13.1 Å². The van der Waals surface area contributed by atoms with Gasteiger partial charge in [0, 0.05) is 13.1 Å². The second kappa shape index (κ2) is 3.46. The van der Waals surface area contributed by atoms with Crippen molar-refractivity contribution in [3.8, 4) is 0 Å². The van der Waals surface area contributed by atoms with E-state index in [1.54, 1.807) is 5.51 Å². The third-order valence-corrected chi connectivity index (χ3v) is 3.17. The standard InChI is InChI=1S/C9H12N2OS/c1-2-7-8(13-6-10-7)9(12)11-4-3-5-11/h6H,2-5H2,1H3. The van der Waals surface area contributed by atoms with Crippen LogP contribution in [0, 0.1) is 0 Å². The van der Waals surface area contributed by atoms with Crippen molar-refractivity contribution in [2.24, 2.45) is 0 Å². The Balaban J connectivity index is 2.18. The lowest BCUT2D eigenvalue weighted by Crippen LogP contribution is -2.42. The van der Waals surface area contributed by atoms with Crippen LogP contribution in [0.25, 0.3) is 0 Å². The maximum Gasteiger partial charge on any atom is 0.265 e. The van der Waals surface area contributed by atoms with Crippen LogP contribution in [-0.4, -0.2) is 28.9 Å². The van der Waals surface area contributed by atoms with Crippen LogP contribution >= 0.6 is 11.3 Å². The molecule has 1 aromatic heterocycles. The molecule has 0 aromatic carbocycles. The van der Waals surface area contributed by atoms with Crippen LogP contribution in [-0.2, 0) is 6.42 Å². The van der Waals surface area contributed by atoms with E-state index in [4.69, 9.17) is 0 Å². The number of thiazole rings is 1. The van der Waals surface area contributed by atoms with Gasteiger partial charge in [0.25, 0.3) is 5.91 Å². The summed E-state index contributed by atoms with van der Waals surface area (Å²) in [5.41, 5.74) is 2.70. The molecule has 1 saturated heterocycles. The molecule has 0 N–H and O–H groups in total. The van der Waals surface area contributed by atoms with Gasteiger partial charge in [0.1, 0.15) is 4.88 Å².